The van der Waals surface area contributed by atoms with E-state index in [1.54, 1.807) is 19.2 Å². The largest absolute Gasteiger partial charge is 0.691 e. The van der Waals surface area contributed by atoms with Crippen LogP contribution in [0, 0.1) is 5.21 Å². The minimum Gasteiger partial charge on any atom is -0.691 e. The van der Waals surface area contributed by atoms with Gasteiger partial charge in [0, 0.05) is 6.07 Å². The molecular formula is C5H8N4O. The molecule has 0 radical (unpaired) electrons. The normalized spacial score (nSPS) is 9.30. The Morgan fingerprint density at radius 2 is 2.40 bits per heavy atom. The second kappa shape index (κ2) is 2.38. The topological polar surface area (TPSA) is 77.9 Å². The van der Waals surface area contributed by atoms with Crippen molar-refractivity contribution in [3.63, 3.8) is 0 Å². The van der Waals surface area contributed by atoms with Gasteiger partial charge in [-0.1, -0.05) is 5.10 Å². The SMILES string of the molecule is CNc1ccc(N)n[n+]1[O-]. The van der Waals surface area contributed by atoms with Crippen molar-refractivity contribution in [2.24, 2.45) is 0 Å². The molecule has 0 fully saturated rings. The number of rotatable bonds is 1. The fourth-order valence-electron chi connectivity index (χ4n) is 0.599. The fraction of sp³-hybridized carbons (Fsp3) is 0.200. The Hall–Kier alpha value is -1.52. The lowest BCUT2D eigenvalue weighted by Gasteiger charge is -2.03. The summed E-state index contributed by atoms with van der Waals surface area (Å²) in [5.41, 5.74) is 5.22. The summed E-state index contributed by atoms with van der Waals surface area (Å²) in [5, 5.41) is 16.8. The van der Waals surface area contributed by atoms with Gasteiger partial charge in [-0.3, -0.25) is 5.32 Å². The van der Waals surface area contributed by atoms with Gasteiger partial charge >= 0.3 is 0 Å². The molecule has 5 heteroatoms. The van der Waals surface area contributed by atoms with Gasteiger partial charge in [-0.15, -0.1) is 4.85 Å². The van der Waals surface area contributed by atoms with Gasteiger partial charge in [0.25, 0.3) is 5.82 Å². The Balaban J connectivity index is 3.07. The summed E-state index contributed by atoms with van der Waals surface area (Å²) in [5.74, 6) is 0.600. The summed E-state index contributed by atoms with van der Waals surface area (Å²) in [4.78, 5) is 0.440. The van der Waals surface area contributed by atoms with Crippen molar-refractivity contribution in [3.8, 4) is 0 Å². The number of nitrogen functional groups attached to an aromatic ring is 1. The first-order valence-corrected chi connectivity index (χ1v) is 2.78. The lowest BCUT2D eigenvalue weighted by atomic mass is 10.5. The average Bonchev–Trinajstić information content (AvgIpc) is 1.88. The average molecular weight is 140 g/mol. The van der Waals surface area contributed by atoms with Gasteiger partial charge in [-0.2, -0.15) is 0 Å². The van der Waals surface area contributed by atoms with Crippen LogP contribution in [0.3, 0.4) is 0 Å². The molecule has 0 aliphatic carbocycles. The van der Waals surface area contributed by atoms with Crippen LogP contribution in [0.5, 0.6) is 0 Å². The Labute approximate surface area is 58.1 Å². The van der Waals surface area contributed by atoms with E-state index in [0.29, 0.717) is 10.7 Å². The molecule has 0 aliphatic heterocycles. The van der Waals surface area contributed by atoms with Gasteiger partial charge in [0.15, 0.2) is 5.82 Å². The number of hydrogen-bond acceptors (Lipinski definition) is 4. The monoisotopic (exact) mass is 140 g/mol. The summed E-state index contributed by atoms with van der Waals surface area (Å²) < 4.78 is 0. The van der Waals surface area contributed by atoms with Gasteiger partial charge in [0.2, 0.25) is 0 Å². The molecule has 0 aliphatic rings. The molecular weight excluding hydrogens is 132 g/mol. The molecule has 3 N–H and O–H groups in total. The summed E-state index contributed by atoms with van der Waals surface area (Å²) in [6.07, 6.45) is 0. The van der Waals surface area contributed by atoms with Gasteiger partial charge in [-0.05, 0) is 6.07 Å². The highest BCUT2D eigenvalue weighted by molar-refractivity contribution is 5.33. The zero-order valence-electron chi connectivity index (χ0n) is 5.53. The molecule has 1 aromatic rings. The van der Waals surface area contributed by atoms with E-state index in [9.17, 15) is 5.21 Å². The standard InChI is InChI=1S/C5H8N4O/c1-7-5-3-2-4(6)8-9(5)10/h2-3,7H,1H3,(H2,6,8). The van der Waals surface area contributed by atoms with E-state index >= 15 is 0 Å². The fourth-order valence-corrected chi connectivity index (χ4v) is 0.599. The highest BCUT2D eigenvalue weighted by atomic mass is 16.5. The Morgan fingerprint density at radius 1 is 1.70 bits per heavy atom. The first-order valence-electron chi connectivity index (χ1n) is 2.78. The highest BCUT2D eigenvalue weighted by Gasteiger charge is 1.99. The van der Waals surface area contributed by atoms with Gasteiger partial charge < -0.3 is 10.9 Å². The zero-order valence-corrected chi connectivity index (χ0v) is 5.53. The highest BCUT2D eigenvalue weighted by Crippen LogP contribution is 1.97. The molecule has 0 aromatic carbocycles. The van der Waals surface area contributed by atoms with E-state index in [1.165, 1.54) is 0 Å². The second-order valence-corrected chi connectivity index (χ2v) is 1.77. The molecule has 0 spiro atoms. The summed E-state index contributed by atoms with van der Waals surface area (Å²) in [7, 11) is 1.64. The second-order valence-electron chi connectivity index (χ2n) is 1.77. The van der Waals surface area contributed by atoms with Gasteiger partial charge in [-0.25, -0.2) is 0 Å². The molecule has 0 saturated carbocycles. The van der Waals surface area contributed by atoms with Crippen LogP contribution in [0.25, 0.3) is 0 Å². The van der Waals surface area contributed by atoms with Crippen LogP contribution in [0.15, 0.2) is 12.1 Å². The minimum atomic E-state index is 0.217. The van der Waals surface area contributed by atoms with Crippen molar-refractivity contribution in [1.29, 1.82) is 0 Å². The quantitative estimate of drug-likeness (QED) is 0.401. The number of aromatic nitrogens is 2. The zero-order chi connectivity index (χ0) is 7.56. The van der Waals surface area contributed by atoms with Crippen LogP contribution < -0.4 is 15.9 Å². The number of hydrogen-bond donors (Lipinski definition) is 2. The van der Waals surface area contributed by atoms with Crippen LogP contribution in [-0.4, -0.2) is 12.1 Å². The predicted octanol–water partition coefficient (Wildman–Crippen LogP) is -0.661. The summed E-state index contributed by atoms with van der Waals surface area (Å²) in [6.45, 7) is 0. The lowest BCUT2D eigenvalue weighted by molar-refractivity contribution is -0.653. The van der Waals surface area contributed by atoms with E-state index < -0.39 is 0 Å². The Morgan fingerprint density at radius 3 is 2.90 bits per heavy atom. The molecule has 1 rings (SSSR count). The van der Waals surface area contributed by atoms with Gasteiger partial charge in [0.05, 0.1) is 7.05 Å². The van der Waals surface area contributed by atoms with Crippen LogP contribution in [0.4, 0.5) is 11.6 Å². The third-order valence-corrected chi connectivity index (χ3v) is 1.08. The molecule has 10 heavy (non-hydrogen) atoms. The van der Waals surface area contributed by atoms with Crippen LogP contribution in [-0.2, 0) is 0 Å². The summed E-state index contributed by atoms with van der Waals surface area (Å²) >= 11 is 0. The van der Waals surface area contributed by atoms with Crippen LogP contribution in [0.1, 0.15) is 0 Å². The first-order chi connectivity index (χ1) is 4.74. The minimum absolute atomic E-state index is 0.217. The van der Waals surface area contributed by atoms with E-state index in [0.717, 1.165) is 0 Å². The van der Waals surface area contributed by atoms with Crippen LogP contribution in [0.2, 0.25) is 0 Å². The van der Waals surface area contributed by atoms with Crippen molar-refractivity contribution >= 4 is 11.6 Å². The molecule has 54 valence electrons. The molecule has 0 amide bonds. The third-order valence-electron chi connectivity index (χ3n) is 1.08. The number of nitrogens with one attached hydrogen (secondary N) is 1. The van der Waals surface area contributed by atoms with Gasteiger partial charge in [0.1, 0.15) is 0 Å². The van der Waals surface area contributed by atoms with Crippen molar-refractivity contribution < 1.29 is 4.85 Å². The Kier molecular flexibility index (Phi) is 1.57. The number of nitrogens with two attached hydrogens (primary N) is 1. The maximum absolute atomic E-state index is 10.7. The number of anilines is 2. The van der Waals surface area contributed by atoms with E-state index in [2.05, 4.69) is 10.4 Å². The molecule has 0 atom stereocenters. The third kappa shape index (κ3) is 1.07. The van der Waals surface area contributed by atoms with E-state index in [1.807, 2.05) is 0 Å². The number of nitrogens with zero attached hydrogens (tertiary/aromatic N) is 2. The smallest absolute Gasteiger partial charge is 0.298 e. The Bertz CT molecular complexity index is 237. The molecule has 0 unspecified atom stereocenters. The maximum Gasteiger partial charge on any atom is 0.298 e. The molecule has 1 aromatic heterocycles. The van der Waals surface area contributed by atoms with Crippen LogP contribution >= 0.6 is 0 Å². The maximum atomic E-state index is 10.7. The summed E-state index contributed by atoms with van der Waals surface area (Å²) in [6, 6.07) is 3.12. The van der Waals surface area contributed by atoms with Crippen molar-refractivity contribution in [1.82, 2.24) is 5.10 Å². The van der Waals surface area contributed by atoms with Crippen molar-refractivity contribution in [3.05, 3.63) is 17.3 Å². The molecule has 0 saturated heterocycles. The molecule has 0 bridgehead atoms. The molecule has 5 nitrogen and oxygen atoms in total. The van der Waals surface area contributed by atoms with Crippen molar-refractivity contribution in [2.75, 3.05) is 18.1 Å². The first kappa shape index (κ1) is 6.60. The predicted molar refractivity (Wildman–Crippen MR) is 37.2 cm³/mol. The van der Waals surface area contributed by atoms with Crippen molar-refractivity contribution in [2.45, 2.75) is 0 Å². The van der Waals surface area contributed by atoms with E-state index in [4.69, 9.17) is 5.73 Å². The van der Waals surface area contributed by atoms with E-state index in [-0.39, 0.29) is 5.82 Å². The molecule has 1 heterocycles. The lowest BCUT2D eigenvalue weighted by Crippen LogP contribution is -2.34.